The Labute approximate surface area is 484 Å². The summed E-state index contributed by atoms with van der Waals surface area (Å²) in [6.07, 6.45) is 0. The predicted octanol–water partition coefficient (Wildman–Crippen LogP) is 12.0. The van der Waals surface area contributed by atoms with Gasteiger partial charge in [-0.2, -0.15) is 10.2 Å². The number of carbonyl (C=O) groups excluding carboxylic acids is 3. The van der Waals surface area contributed by atoms with Crippen LogP contribution in [0.5, 0.6) is 0 Å². The number of carbonyl (C=O) groups is 5. The first kappa shape index (κ1) is 56.8. The first-order valence-electron chi connectivity index (χ1n) is 23.8. The van der Waals surface area contributed by atoms with Crippen molar-refractivity contribution in [3.63, 3.8) is 0 Å². The van der Waals surface area contributed by atoms with E-state index in [4.69, 9.17) is 20.7 Å². The third kappa shape index (κ3) is 14.4. The molecule has 398 valence electrons. The standard InChI is InChI=1S/C15H11BrN2O.C15H13N3O.C10H9BrN2O2.C9H6BrNO2.C8H5BrN2O2/c2*16-11-7-6-10-9-17-14(13(10)8-11)15(19)18-12-4-2-1-3-5-12;1-2-15-10(14)9-7-5-6(11)3-4-8(7)12-13-9;10-6-2-1-5-4-11-8(9(12)13)7(5)3-6;9-4-1-2-6-5(3-4)7(8(12)13)11-10-6/h1-8H,9H2,(H,18,19);1-8H,9,16H2,(H,18,19);3-5H,2H2,1H3,(H,12,13);1-3H,4H2,(H,12,13);1-3H,(H,10,11)(H,12,13). The molecule has 9 aromatic rings. The molecule has 0 unspecified atom stereocenters. The molecule has 2 aromatic heterocycles. The molecule has 79 heavy (non-hydrogen) atoms. The third-order valence-electron chi connectivity index (χ3n) is 11.7. The number of aromatic amines is 2. The summed E-state index contributed by atoms with van der Waals surface area (Å²) in [5, 5.41) is 37.7. The van der Waals surface area contributed by atoms with Crippen molar-refractivity contribution in [1.82, 2.24) is 20.4 Å². The number of anilines is 3. The molecule has 0 saturated carbocycles. The molecule has 0 atom stereocenters. The number of aliphatic imine (C=N–C) groups is 3. The number of fused-ring (bicyclic) bond motifs is 5. The van der Waals surface area contributed by atoms with E-state index in [-0.39, 0.29) is 23.2 Å². The lowest BCUT2D eigenvalue weighted by molar-refractivity contribution is -0.129. The minimum absolute atomic E-state index is 0.0521. The predicted molar refractivity (Wildman–Crippen MR) is 318 cm³/mol. The van der Waals surface area contributed by atoms with Crippen molar-refractivity contribution >= 4 is 149 Å². The summed E-state index contributed by atoms with van der Waals surface area (Å²) in [7, 11) is 0. The largest absolute Gasteiger partial charge is 0.477 e. The number of ether oxygens (including phenoxy) is 1. The lowest BCUT2D eigenvalue weighted by Crippen LogP contribution is -2.22. The number of hydrogen-bond donors (Lipinski definition) is 7. The number of benzene rings is 7. The average Bonchev–Trinajstić information content (AvgIpc) is 4.35. The SMILES string of the molecule is CCOC(=O)c1n[nH]c2ccc(Br)cc12.Nc1ccc2c(c1)C(C(=O)Nc1ccccc1)=NC2.O=C(Nc1ccccc1)C1=NCc2ccc(Br)cc21.O=C(O)C1=NCc2ccc(Br)cc21.O=C(O)c1n[nH]c2ccc(Br)cc12. The lowest BCUT2D eigenvalue weighted by atomic mass is 10.0. The molecule has 5 heterocycles. The number of para-hydroxylation sites is 2. The van der Waals surface area contributed by atoms with E-state index >= 15 is 0 Å². The van der Waals surface area contributed by atoms with Crippen LogP contribution in [0.15, 0.2) is 185 Å². The number of nitrogen functional groups attached to an aromatic ring is 1. The second-order valence-electron chi connectivity index (χ2n) is 17.0. The van der Waals surface area contributed by atoms with Gasteiger partial charge in [-0.25, -0.2) is 14.4 Å². The first-order valence-corrected chi connectivity index (χ1v) is 27.0. The Balaban J connectivity index is 0.000000131. The molecule has 0 spiro atoms. The zero-order valence-corrected chi connectivity index (χ0v) is 47.8. The molecule has 2 amide bonds. The number of aromatic nitrogens is 4. The fourth-order valence-electron chi connectivity index (χ4n) is 8.00. The zero-order valence-electron chi connectivity index (χ0n) is 41.4. The van der Waals surface area contributed by atoms with Crippen molar-refractivity contribution < 1.29 is 38.9 Å². The van der Waals surface area contributed by atoms with E-state index in [1.54, 1.807) is 31.2 Å². The van der Waals surface area contributed by atoms with E-state index in [0.29, 0.717) is 54.4 Å². The van der Waals surface area contributed by atoms with Gasteiger partial charge in [0.1, 0.15) is 11.4 Å². The molecule has 3 aliphatic rings. The second kappa shape index (κ2) is 26.3. The van der Waals surface area contributed by atoms with E-state index in [1.165, 1.54) is 0 Å². The van der Waals surface area contributed by atoms with Gasteiger partial charge in [-0.05, 0) is 121 Å². The number of esters is 1. The van der Waals surface area contributed by atoms with E-state index < -0.39 is 17.9 Å². The summed E-state index contributed by atoms with van der Waals surface area (Å²) < 4.78 is 8.47. The molecule has 8 N–H and O–H groups in total. The van der Waals surface area contributed by atoms with Gasteiger partial charge in [-0.1, -0.05) is 118 Å². The van der Waals surface area contributed by atoms with E-state index in [0.717, 1.165) is 79.1 Å². The van der Waals surface area contributed by atoms with Gasteiger partial charge in [-0.3, -0.25) is 34.8 Å². The van der Waals surface area contributed by atoms with Gasteiger partial charge in [0.25, 0.3) is 11.8 Å². The number of halogens is 4. The van der Waals surface area contributed by atoms with Crippen LogP contribution < -0.4 is 16.4 Å². The van der Waals surface area contributed by atoms with Gasteiger partial charge in [0, 0.05) is 62.4 Å². The molecule has 0 aliphatic carbocycles. The number of hydrogen-bond acceptors (Lipinski definition) is 12. The molecule has 7 aromatic carbocycles. The van der Waals surface area contributed by atoms with Crippen LogP contribution in [0.4, 0.5) is 17.1 Å². The lowest BCUT2D eigenvalue weighted by Gasteiger charge is -2.06. The van der Waals surface area contributed by atoms with Crippen molar-refractivity contribution in [2.24, 2.45) is 15.0 Å². The van der Waals surface area contributed by atoms with Crippen LogP contribution >= 0.6 is 63.7 Å². The summed E-state index contributed by atoms with van der Waals surface area (Å²) in [4.78, 5) is 69.9. The van der Waals surface area contributed by atoms with Crippen molar-refractivity contribution in [1.29, 1.82) is 0 Å². The number of H-pyrrole nitrogens is 2. The minimum Gasteiger partial charge on any atom is -0.477 e. The monoisotopic (exact) mass is 1310 g/mol. The Kier molecular flexibility index (Phi) is 18.9. The van der Waals surface area contributed by atoms with Gasteiger partial charge in [0.15, 0.2) is 17.1 Å². The Bertz CT molecular complexity index is 3760. The molecule has 0 saturated heterocycles. The Morgan fingerprint density at radius 1 is 0.519 bits per heavy atom. The van der Waals surface area contributed by atoms with Gasteiger partial charge < -0.3 is 31.3 Å². The number of nitrogens with one attached hydrogen (secondary N) is 4. The quantitative estimate of drug-likeness (QED) is 0.0555. The van der Waals surface area contributed by atoms with Crippen LogP contribution in [-0.2, 0) is 38.8 Å². The molecule has 3 aliphatic heterocycles. The molecule has 22 heteroatoms. The van der Waals surface area contributed by atoms with Crippen LogP contribution in [0.2, 0.25) is 0 Å². The minimum atomic E-state index is -1.02. The molecular weight excluding hydrogens is 1270 g/mol. The van der Waals surface area contributed by atoms with Crippen LogP contribution in [0.1, 0.15) is 61.3 Å². The molecule has 0 radical (unpaired) electrons. The summed E-state index contributed by atoms with van der Waals surface area (Å²) in [5.41, 5.74) is 16.5. The summed E-state index contributed by atoms with van der Waals surface area (Å²) >= 11 is 13.3. The van der Waals surface area contributed by atoms with Crippen molar-refractivity contribution in [3.05, 3.63) is 214 Å². The Morgan fingerprint density at radius 3 is 1.39 bits per heavy atom. The number of aliphatic carboxylic acids is 1. The van der Waals surface area contributed by atoms with Gasteiger partial charge in [0.05, 0.1) is 37.3 Å². The van der Waals surface area contributed by atoms with Crippen molar-refractivity contribution in [3.8, 4) is 0 Å². The van der Waals surface area contributed by atoms with Gasteiger partial charge in [-0.15, -0.1) is 0 Å². The van der Waals surface area contributed by atoms with Crippen molar-refractivity contribution in [2.45, 2.75) is 26.6 Å². The zero-order chi connectivity index (χ0) is 56.2. The molecule has 12 rings (SSSR count). The molecule has 0 bridgehead atoms. The number of amides is 2. The first-order chi connectivity index (χ1) is 38.1. The van der Waals surface area contributed by atoms with Crippen molar-refractivity contribution in [2.75, 3.05) is 23.0 Å². The summed E-state index contributed by atoms with van der Waals surface area (Å²) in [5.74, 6) is -2.75. The molecular formula is C57H44Br4N10O8. The fourth-order valence-corrected chi connectivity index (χ4v) is 9.44. The maximum Gasteiger partial charge on any atom is 0.359 e. The number of nitrogens with zero attached hydrogens (tertiary/aromatic N) is 5. The van der Waals surface area contributed by atoms with Crippen LogP contribution in [0, 0.1) is 0 Å². The molecule has 0 fully saturated rings. The Morgan fingerprint density at radius 2 is 0.924 bits per heavy atom. The number of aromatic carboxylic acids is 1. The number of carboxylic acid groups (broad SMARTS) is 2. The highest BCUT2D eigenvalue weighted by atomic mass is 79.9. The van der Waals surface area contributed by atoms with Gasteiger partial charge in [0.2, 0.25) is 0 Å². The smallest absolute Gasteiger partial charge is 0.359 e. The van der Waals surface area contributed by atoms with Gasteiger partial charge >= 0.3 is 17.9 Å². The fraction of sp³-hybridized carbons (Fsp3) is 0.0877. The number of nitrogens with two attached hydrogens (primary N) is 1. The number of rotatable bonds is 8. The maximum atomic E-state index is 12.2. The molecule has 18 nitrogen and oxygen atoms in total. The highest BCUT2D eigenvalue weighted by Gasteiger charge is 2.25. The normalized spacial score (nSPS) is 12.1. The van der Waals surface area contributed by atoms with E-state index in [9.17, 15) is 24.0 Å². The van der Waals surface area contributed by atoms with Crippen LogP contribution in [0.25, 0.3) is 21.8 Å². The van der Waals surface area contributed by atoms with E-state index in [1.807, 2.05) is 127 Å². The second-order valence-corrected chi connectivity index (χ2v) is 20.7. The highest BCUT2D eigenvalue weighted by Crippen LogP contribution is 2.27. The van der Waals surface area contributed by atoms with E-state index in [2.05, 4.69) is 110 Å². The third-order valence-corrected chi connectivity index (χ3v) is 13.7. The summed E-state index contributed by atoms with van der Waals surface area (Å²) in [6.45, 7) is 3.70. The average molecular weight is 1320 g/mol. The number of carboxylic acids is 2. The Hall–Kier alpha value is -8.44. The topological polar surface area (TPSA) is 280 Å². The summed E-state index contributed by atoms with van der Waals surface area (Å²) in [6, 6.07) is 46.6. The van der Waals surface area contributed by atoms with Crippen LogP contribution in [-0.4, -0.2) is 84.1 Å². The highest BCUT2D eigenvalue weighted by molar-refractivity contribution is 9.11. The maximum absolute atomic E-state index is 12.2. The van der Waals surface area contributed by atoms with Crippen LogP contribution in [0.3, 0.4) is 0 Å².